The largest absolute Gasteiger partial charge is 0.383 e. The van der Waals surface area contributed by atoms with E-state index in [1.165, 1.54) is 17.5 Å². The number of hydrogen-bond acceptors (Lipinski definition) is 4. The zero-order chi connectivity index (χ0) is 13.1. The molecule has 0 saturated heterocycles. The number of benzene rings is 1. The van der Waals surface area contributed by atoms with Gasteiger partial charge in [0.15, 0.2) is 0 Å². The first-order valence-corrected chi connectivity index (χ1v) is 5.98. The first kappa shape index (κ1) is 12.4. The molecule has 0 aliphatic heterocycles. The van der Waals surface area contributed by atoms with Crippen LogP contribution in [0.4, 0.5) is 11.6 Å². The second kappa shape index (κ2) is 5.04. The van der Waals surface area contributed by atoms with Crippen molar-refractivity contribution < 1.29 is 0 Å². The van der Waals surface area contributed by atoms with Crippen LogP contribution in [0.1, 0.15) is 29.7 Å². The van der Waals surface area contributed by atoms with Gasteiger partial charge in [-0.15, -0.1) is 0 Å². The van der Waals surface area contributed by atoms with Gasteiger partial charge in [-0.25, -0.2) is 9.97 Å². The highest BCUT2D eigenvalue weighted by molar-refractivity contribution is 5.55. The molecule has 0 spiro atoms. The van der Waals surface area contributed by atoms with Crippen molar-refractivity contribution in [3.63, 3.8) is 0 Å². The number of nitrogens with two attached hydrogens (primary N) is 1. The second-order valence-electron chi connectivity index (χ2n) is 4.46. The maximum absolute atomic E-state index is 5.77. The number of anilines is 2. The molecule has 3 N–H and O–H groups in total. The maximum atomic E-state index is 5.77. The summed E-state index contributed by atoms with van der Waals surface area (Å²) in [5.74, 6) is 1.31. The molecule has 0 radical (unpaired) electrons. The molecule has 0 aliphatic carbocycles. The van der Waals surface area contributed by atoms with E-state index in [1.807, 2.05) is 19.1 Å². The van der Waals surface area contributed by atoms with Gasteiger partial charge < -0.3 is 11.1 Å². The average Bonchev–Trinajstić information content (AvgIpc) is 2.35. The van der Waals surface area contributed by atoms with Gasteiger partial charge in [0.2, 0.25) is 0 Å². The van der Waals surface area contributed by atoms with Crippen molar-refractivity contribution in [3.05, 3.63) is 47.3 Å². The maximum Gasteiger partial charge on any atom is 0.134 e. The first-order valence-electron chi connectivity index (χ1n) is 5.98. The summed E-state index contributed by atoms with van der Waals surface area (Å²) >= 11 is 0. The Hall–Kier alpha value is -2.10. The molecule has 2 aromatic rings. The van der Waals surface area contributed by atoms with Crippen molar-refractivity contribution in [2.24, 2.45) is 0 Å². The average molecular weight is 242 g/mol. The number of rotatable bonds is 3. The summed E-state index contributed by atoms with van der Waals surface area (Å²) in [7, 11) is 0. The molecular weight excluding hydrogens is 224 g/mol. The van der Waals surface area contributed by atoms with Crippen LogP contribution in [0.15, 0.2) is 30.6 Å². The third kappa shape index (κ3) is 2.42. The lowest BCUT2D eigenvalue weighted by Gasteiger charge is -2.18. The summed E-state index contributed by atoms with van der Waals surface area (Å²) in [5.41, 5.74) is 9.18. The third-order valence-corrected chi connectivity index (χ3v) is 3.13. The topological polar surface area (TPSA) is 63.8 Å². The first-order chi connectivity index (χ1) is 8.59. The molecule has 0 fully saturated rings. The van der Waals surface area contributed by atoms with Crippen LogP contribution in [0, 0.1) is 13.8 Å². The summed E-state index contributed by atoms with van der Waals surface area (Å²) in [6, 6.07) is 8.49. The molecule has 0 bridgehead atoms. The van der Waals surface area contributed by atoms with Crippen LogP contribution in [0.25, 0.3) is 0 Å². The summed E-state index contributed by atoms with van der Waals surface area (Å²) in [6.07, 6.45) is 1.48. The van der Waals surface area contributed by atoms with E-state index in [4.69, 9.17) is 5.73 Å². The van der Waals surface area contributed by atoms with Crippen molar-refractivity contribution in [1.82, 2.24) is 9.97 Å². The molecule has 4 nitrogen and oxygen atoms in total. The van der Waals surface area contributed by atoms with E-state index in [0.717, 1.165) is 11.4 Å². The minimum Gasteiger partial charge on any atom is -0.383 e. The lowest BCUT2D eigenvalue weighted by Crippen LogP contribution is -2.11. The van der Waals surface area contributed by atoms with E-state index in [-0.39, 0.29) is 6.04 Å². The number of hydrogen-bond donors (Lipinski definition) is 2. The van der Waals surface area contributed by atoms with Gasteiger partial charge in [-0.2, -0.15) is 0 Å². The number of nitrogens with one attached hydrogen (secondary N) is 1. The second-order valence-corrected chi connectivity index (χ2v) is 4.46. The molecule has 1 heterocycles. The Balaban J connectivity index is 2.24. The fourth-order valence-electron chi connectivity index (χ4n) is 1.96. The molecule has 0 aliphatic rings. The zero-order valence-corrected chi connectivity index (χ0v) is 10.9. The summed E-state index contributed by atoms with van der Waals surface area (Å²) < 4.78 is 0. The van der Waals surface area contributed by atoms with Crippen LogP contribution in [0.5, 0.6) is 0 Å². The van der Waals surface area contributed by atoms with E-state index < -0.39 is 0 Å². The van der Waals surface area contributed by atoms with E-state index in [2.05, 4.69) is 41.3 Å². The molecule has 94 valence electrons. The Morgan fingerprint density at radius 1 is 1.17 bits per heavy atom. The molecular formula is C14H18N4. The van der Waals surface area contributed by atoms with Crippen LogP contribution in [0.2, 0.25) is 0 Å². The molecule has 0 saturated carbocycles. The smallest absolute Gasteiger partial charge is 0.134 e. The SMILES string of the molecule is Cc1ccccc1C(C)Nc1ncnc(N)c1C. The lowest BCUT2D eigenvalue weighted by molar-refractivity contribution is 0.859. The van der Waals surface area contributed by atoms with Crippen molar-refractivity contribution >= 4 is 11.6 Å². The van der Waals surface area contributed by atoms with Gasteiger partial charge in [-0.1, -0.05) is 24.3 Å². The Kier molecular flexibility index (Phi) is 3.46. The van der Waals surface area contributed by atoms with Crippen LogP contribution in [-0.2, 0) is 0 Å². The highest BCUT2D eigenvalue weighted by atomic mass is 15.1. The quantitative estimate of drug-likeness (QED) is 0.868. The Bertz CT molecular complexity index is 551. The third-order valence-electron chi connectivity index (χ3n) is 3.13. The van der Waals surface area contributed by atoms with Gasteiger partial charge in [0.25, 0.3) is 0 Å². The van der Waals surface area contributed by atoms with Gasteiger partial charge in [0, 0.05) is 5.56 Å². The van der Waals surface area contributed by atoms with Gasteiger partial charge in [-0.3, -0.25) is 0 Å². The van der Waals surface area contributed by atoms with Gasteiger partial charge in [0.1, 0.15) is 18.0 Å². The summed E-state index contributed by atoms with van der Waals surface area (Å²) in [4.78, 5) is 8.20. The molecule has 1 unspecified atom stereocenters. The summed E-state index contributed by atoms with van der Waals surface area (Å²) in [6.45, 7) is 6.14. The molecule has 4 heteroatoms. The van der Waals surface area contributed by atoms with Crippen LogP contribution in [0.3, 0.4) is 0 Å². The van der Waals surface area contributed by atoms with Crippen molar-refractivity contribution in [1.29, 1.82) is 0 Å². The Labute approximate surface area is 107 Å². The highest BCUT2D eigenvalue weighted by Gasteiger charge is 2.11. The minimum atomic E-state index is 0.180. The number of aromatic nitrogens is 2. The Morgan fingerprint density at radius 3 is 2.61 bits per heavy atom. The fourth-order valence-corrected chi connectivity index (χ4v) is 1.96. The molecule has 1 aromatic heterocycles. The molecule has 1 atom stereocenters. The van der Waals surface area contributed by atoms with E-state index in [1.54, 1.807) is 0 Å². The highest BCUT2D eigenvalue weighted by Crippen LogP contribution is 2.23. The van der Waals surface area contributed by atoms with Crippen LogP contribution in [-0.4, -0.2) is 9.97 Å². The van der Waals surface area contributed by atoms with Gasteiger partial charge >= 0.3 is 0 Å². The van der Waals surface area contributed by atoms with E-state index in [0.29, 0.717) is 5.82 Å². The Morgan fingerprint density at radius 2 is 1.89 bits per heavy atom. The normalized spacial score (nSPS) is 12.2. The molecule has 18 heavy (non-hydrogen) atoms. The van der Waals surface area contributed by atoms with Crippen molar-refractivity contribution in [2.45, 2.75) is 26.8 Å². The zero-order valence-electron chi connectivity index (χ0n) is 10.9. The predicted octanol–water partition coefficient (Wildman–Crippen LogP) is 2.85. The number of nitrogens with zero attached hydrogens (tertiary/aromatic N) is 2. The number of nitrogen functional groups attached to an aromatic ring is 1. The summed E-state index contributed by atoms with van der Waals surface area (Å²) in [5, 5.41) is 3.38. The van der Waals surface area contributed by atoms with E-state index >= 15 is 0 Å². The van der Waals surface area contributed by atoms with Crippen molar-refractivity contribution in [3.8, 4) is 0 Å². The van der Waals surface area contributed by atoms with Crippen molar-refractivity contribution in [2.75, 3.05) is 11.1 Å². The lowest BCUT2D eigenvalue weighted by atomic mass is 10.0. The standard InChI is InChI=1S/C14H18N4/c1-9-6-4-5-7-12(9)11(3)18-14-10(2)13(15)16-8-17-14/h4-8,11H,1-3H3,(H3,15,16,17,18). The van der Waals surface area contributed by atoms with Gasteiger partial charge in [-0.05, 0) is 31.9 Å². The van der Waals surface area contributed by atoms with E-state index in [9.17, 15) is 0 Å². The molecule has 2 rings (SSSR count). The monoisotopic (exact) mass is 242 g/mol. The fraction of sp³-hybridized carbons (Fsp3) is 0.286. The predicted molar refractivity (Wildman–Crippen MR) is 74.4 cm³/mol. The van der Waals surface area contributed by atoms with Gasteiger partial charge in [0.05, 0.1) is 6.04 Å². The minimum absolute atomic E-state index is 0.180. The molecule has 1 aromatic carbocycles. The molecule has 0 amide bonds. The number of aryl methyl sites for hydroxylation is 1. The van der Waals surface area contributed by atoms with Crippen LogP contribution < -0.4 is 11.1 Å². The van der Waals surface area contributed by atoms with Crippen LogP contribution >= 0.6 is 0 Å².